The van der Waals surface area contributed by atoms with E-state index in [1.54, 1.807) is 32.2 Å². The van der Waals surface area contributed by atoms with Crippen molar-refractivity contribution in [2.45, 2.75) is 19.8 Å². The maximum Gasteiger partial charge on any atom is 0.339 e. The SMILES string of the molecule is CCOC(=O)CCc1cc2ccc(OC)cc2oc1=O. The maximum atomic E-state index is 11.8. The molecule has 0 amide bonds. The molecule has 0 aliphatic carbocycles. The van der Waals surface area contributed by atoms with E-state index in [2.05, 4.69) is 0 Å². The second-order valence-electron chi connectivity index (χ2n) is 4.27. The summed E-state index contributed by atoms with van der Waals surface area (Å²) < 4.78 is 15.1. The van der Waals surface area contributed by atoms with Gasteiger partial charge in [-0.3, -0.25) is 4.79 Å². The molecule has 0 radical (unpaired) electrons. The lowest BCUT2D eigenvalue weighted by Crippen LogP contribution is -2.11. The van der Waals surface area contributed by atoms with Crippen LogP contribution >= 0.6 is 0 Å². The average Bonchev–Trinajstić information content (AvgIpc) is 2.44. The number of ether oxygens (including phenoxy) is 2. The van der Waals surface area contributed by atoms with Gasteiger partial charge in [0.05, 0.1) is 13.7 Å². The molecule has 0 unspecified atom stereocenters. The van der Waals surface area contributed by atoms with Gasteiger partial charge in [0.1, 0.15) is 11.3 Å². The minimum atomic E-state index is -0.435. The summed E-state index contributed by atoms with van der Waals surface area (Å²) >= 11 is 0. The second-order valence-corrected chi connectivity index (χ2v) is 4.27. The van der Waals surface area contributed by atoms with E-state index in [4.69, 9.17) is 13.9 Å². The molecule has 0 spiro atoms. The molecule has 1 heterocycles. The average molecular weight is 276 g/mol. The standard InChI is InChI=1S/C15H16O5/c1-3-19-14(16)7-5-11-8-10-4-6-12(18-2)9-13(10)20-15(11)17/h4,6,8-9H,3,5,7H2,1-2H3. The Labute approximate surface area is 116 Å². The van der Waals surface area contributed by atoms with Crippen molar-refractivity contribution in [1.29, 1.82) is 0 Å². The Balaban J connectivity index is 2.24. The number of hydrogen-bond donors (Lipinski definition) is 0. The van der Waals surface area contributed by atoms with Crippen LogP contribution in [0.15, 0.2) is 33.5 Å². The van der Waals surface area contributed by atoms with Gasteiger partial charge in [0.25, 0.3) is 0 Å². The summed E-state index contributed by atoms with van der Waals surface area (Å²) in [6.07, 6.45) is 0.476. The number of aryl methyl sites for hydroxylation is 1. The Morgan fingerprint density at radius 1 is 1.30 bits per heavy atom. The summed E-state index contributed by atoms with van der Waals surface area (Å²) in [5.41, 5.74) is 0.500. The molecular formula is C15H16O5. The molecular weight excluding hydrogens is 260 g/mol. The van der Waals surface area contributed by atoms with Gasteiger partial charge in [-0.1, -0.05) is 0 Å². The van der Waals surface area contributed by atoms with Crippen LogP contribution in [0, 0.1) is 0 Å². The highest BCUT2D eigenvalue weighted by molar-refractivity contribution is 5.78. The molecule has 0 aliphatic heterocycles. The Hall–Kier alpha value is -2.30. The molecule has 0 saturated carbocycles. The largest absolute Gasteiger partial charge is 0.497 e. The van der Waals surface area contributed by atoms with Gasteiger partial charge in [0, 0.05) is 23.4 Å². The van der Waals surface area contributed by atoms with Gasteiger partial charge in [-0.2, -0.15) is 0 Å². The molecule has 2 aromatic rings. The van der Waals surface area contributed by atoms with Crippen molar-refractivity contribution in [2.24, 2.45) is 0 Å². The fraction of sp³-hybridized carbons (Fsp3) is 0.333. The Morgan fingerprint density at radius 2 is 2.10 bits per heavy atom. The number of esters is 1. The van der Waals surface area contributed by atoms with Crippen LogP contribution in [0.5, 0.6) is 5.75 Å². The molecule has 0 fully saturated rings. The zero-order valence-corrected chi connectivity index (χ0v) is 11.5. The molecule has 106 valence electrons. The molecule has 0 bridgehead atoms. The normalized spacial score (nSPS) is 10.5. The maximum absolute atomic E-state index is 11.8. The molecule has 0 N–H and O–H groups in total. The van der Waals surface area contributed by atoms with E-state index >= 15 is 0 Å². The summed E-state index contributed by atoms with van der Waals surface area (Å²) in [6, 6.07) is 6.99. The Morgan fingerprint density at radius 3 is 2.80 bits per heavy atom. The van der Waals surface area contributed by atoms with Gasteiger partial charge in [0.2, 0.25) is 0 Å². The van der Waals surface area contributed by atoms with Gasteiger partial charge in [0.15, 0.2) is 0 Å². The van der Waals surface area contributed by atoms with Crippen LogP contribution in [0.4, 0.5) is 0 Å². The summed E-state index contributed by atoms with van der Waals surface area (Å²) in [7, 11) is 1.55. The summed E-state index contributed by atoms with van der Waals surface area (Å²) in [4.78, 5) is 23.1. The Kier molecular flexibility index (Phi) is 4.40. The zero-order chi connectivity index (χ0) is 14.5. The van der Waals surface area contributed by atoms with Gasteiger partial charge in [-0.25, -0.2) is 4.79 Å². The van der Waals surface area contributed by atoms with Crippen molar-refractivity contribution in [3.05, 3.63) is 40.2 Å². The lowest BCUT2D eigenvalue weighted by molar-refractivity contribution is -0.143. The monoisotopic (exact) mass is 276 g/mol. The molecule has 5 heteroatoms. The highest BCUT2D eigenvalue weighted by atomic mass is 16.5. The molecule has 1 aromatic carbocycles. The lowest BCUT2D eigenvalue weighted by Gasteiger charge is -2.04. The number of carbonyl (C=O) groups excluding carboxylic acids is 1. The van der Waals surface area contributed by atoms with Gasteiger partial charge in [-0.05, 0) is 31.5 Å². The first kappa shape index (κ1) is 14.1. The van der Waals surface area contributed by atoms with Crippen LogP contribution in [-0.2, 0) is 16.0 Å². The highest BCUT2D eigenvalue weighted by Gasteiger charge is 2.09. The van der Waals surface area contributed by atoms with Crippen molar-refractivity contribution in [3.63, 3.8) is 0 Å². The van der Waals surface area contributed by atoms with E-state index in [1.165, 1.54) is 0 Å². The van der Waals surface area contributed by atoms with E-state index < -0.39 is 5.63 Å². The van der Waals surface area contributed by atoms with Crippen molar-refractivity contribution >= 4 is 16.9 Å². The smallest absolute Gasteiger partial charge is 0.339 e. The van der Waals surface area contributed by atoms with Crippen molar-refractivity contribution in [1.82, 2.24) is 0 Å². The number of rotatable bonds is 5. The van der Waals surface area contributed by atoms with E-state index in [0.29, 0.717) is 29.9 Å². The van der Waals surface area contributed by atoms with E-state index in [9.17, 15) is 9.59 Å². The predicted molar refractivity (Wildman–Crippen MR) is 74.0 cm³/mol. The molecule has 0 saturated heterocycles. The number of benzene rings is 1. The summed E-state index contributed by atoms with van der Waals surface area (Å²) in [5, 5.41) is 0.796. The van der Waals surface area contributed by atoms with Gasteiger partial charge >= 0.3 is 11.6 Å². The lowest BCUT2D eigenvalue weighted by atomic mass is 10.1. The van der Waals surface area contributed by atoms with Crippen LogP contribution in [-0.4, -0.2) is 19.7 Å². The summed E-state index contributed by atoms with van der Waals surface area (Å²) in [5.74, 6) is 0.307. The quantitative estimate of drug-likeness (QED) is 0.619. The van der Waals surface area contributed by atoms with Crippen LogP contribution in [0.3, 0.4) is 0 Å². The minimum absolute atomic E-state index is 0.167. The first-order chi connectivity index (χ1) is 9.63. The fourth-order valence-electron chi connectivity index (χ4n) is 1.91. The number of methoxy groups -OCH3 is 1. The second kappa shape index (κ2) is 6.23. The van der Waals surface area contributed by atoms with E-state index in [1.807, 2.05) is 6.07 Å². The van der Waals surface area contributed by atoms with Crippen molar-refractivity contribution in [2.75, 3.05) is 13.7 Å². The Bertz CT molecular complexity index is 672. The van der Waals surface area contributed by atoms with Crippen LogP contribution in [0.1, 0.15) is 18.9 Å². The van der Waals surface area contributed by atoms with Gasteiger partial charge < -0.3 is 13.9 Å². The molecule has 0 atom stereocenters. The third-order valence-corrected chi connectivity index (χ3v) is 2.92. The van der Waals surface area contributed by atoms with Crippen LogP contribution in [0.2, 0.25) is 0 Å². The zero-order valence-electron chi connectivity index (χ0n) is 11.5. The number of hydrogen-bond acceptors (Lipinski definition) is 5. The predicted octanol–water partition coefficient (Wildman–Crippen LogP) is 2.30. The van der Waals surface area contributed by atoms with E-state index in [0.717, 1.165) is 5.39 Å². The van der Waals surface area contributed by atoms with Crippen LogP contribution < -0.4 is 10.4 Å². The molecule has 5 nitrogen and oxygen atoms in total. The van der Waals surface area contributed by atoms with Crippen molar-refractivity contribution in [3.8, 4) is 5.75 Å². The molecule has 20 heavy (non-hydrogen) atoms. The minimum Gasteiger partial charge on any atom is -0.497 e. The first-order valence-corrected chi connectivity index (χ1v) is 6.40. The molecule has 1 aromatic heterocycles. The third kappa shape index (κ3) is 3.17. The molecule has 0 aliphatic rings. The highest BCUT2D eigenvalue weighted by Crippen LogP contribution is 2.20. The van der Waals surface area contributed by atoms with Gasteiger partial charge in [-0.15, -0.1) is 0 Å². The van der Waals surface area contributed by atoms with Crippen LogP contribution in [0.25, 0.3) is 11.0 Å². The summed E-state index contributed by atoms with van der Waals surface area (Å²) in [6.45, 7) is 2.08. The number of carbonyl (C=O) groups is 1. The number of fused-ring (bicyclic) bond motifs is 1. The van der Waals surface area contributed by atoms with Crippen molar-refractivity contribution < 1.29 is 18.7 Å². The molecule has 2 rings (SSSR count). The third-order valence-electron chi connectivity index (χ3n) is 2.92. The first-order valence-electron chi connectivity index (χ1n) is 6.40. The fourth-order valence-corrected chi connectivity index (χ4v) is 1.91. The van der Waals surface area contributed by atoms with E-state index in [-0.39, 0.29) is 12.4 Å². The topological polar surface area (TPSA) is 65.7 Å².